The van der Waals surface area contributed by atoms with E-state index < -0.39 is 0 Å². The molecule has 0 radical (unpaired) electrons. The van der Waals surface area contributed by atoms with Gasteiger partial charge in [-0.3, -0.25) is 14.7 Å². The third-order valence-electron chi connectivity index (χ3n) is 5.35. The molecule has 1 fully saturated rings. The van der Waals surface area contributed by atoms with E-state index >= 15 is 0 Å². The molecule has 28 heavy (non-hydrogen) atoms. The Labute approximate surface area is 164 Å². The molecule has 1 aromatic heterocycles. The lowest BCUT2D eigenvalue weighted by atomic mass is 10.2. The quantitative estimate of drug-likeness (QED) is 0.627. The van der Waals surface area contributed by atoms with Gasteiger partial charge in [-0.1, -0.05) is 23.4 Å². The number of rotatable bonds is 4. The van der Waals surface area contributed by atoms with E-state index in [1.807, 2.05) is 29.2 Å². The van der Waals surface area contributed by atoms with Gasteiger partial charge in [-0.15, -0.1) is 0 Å². The summed E-state index contributed by atoms with van der Waals surface area (Å²) in [5.74, 6) is 0.859. The van der Waals surface area contributed by atoms with Crippen LogP contribution >= 0.6 is 0 Å². The highest BCUT2D eigenvalue weighted by molar-refractivity contribution is 5.98. The summed E-state index contributed by atoms with van der Waals surface area (Å²) in [4.78, 5) is 23.5. The van der Waals surface area contributed by atoms with Crippen molar-refractivity contribution in [3.8, 4) is 0 Å². The molecular formula is C20H26N6O2. The molecule has 1 aromatic carbocycles. The summed E-state index contributed by atoms with van der Waals surface area (Å²) < 4.78 is 4.90. The van der Waals surface area contributed by atoms with Gasteiger partial charge in [0, 0.05) is 58.1 Å². The Bertz CT molecular complexity index is 827. The summed E-state index contributed by atoms with van der Waals surface area (Å²) >= 11 is 0. The number of carbonyl (C=O) groups is 1. The zero-order valence-corrected chi connectivity index (χ0v) is 16.2. The molecule has 0 aliphatic carbocycles. The molecule has 2 aromatic rings. The van der Waals surface area contributed by atoms with Gasteiger partial charge < -0.3 is 19.6 Å². The van der Waals surface area contributed by atoms with Gasteiger partial charge in [0.25, 0.3) is 0 Å². The molecule has 0 bridgehead atoms. The maximum atomic E-state index is 12.7. The predicted octanol–water partition coefficient (Wildman–Crippen LogP) is 0.957. The van der Waals surface area contributed by atoms with Gasteiger partial charge in [0.15, 0.2) is 5.96 Å². The summed E-state index contributed by atoms with van der Waals surface area (Å²) in [6, 6.07) is 10.0. The monoisotopic (exact) mass is 382 g/mol. The number of hydrogen-bond acceptors (Lipinski definition) is 5. The minimum Gasteiger partial charge on any atom is -0.364 e. The van der Waals surface area contributed by atoms with Crippen LogP contribution in [0.2, 0.25) is 0 Å². The highest BCUT2D eigenvalue weighted by Gasteiger charge is 2.25. The number of para-hydroxylation sites is 1. The zero-order chi connectivity index (χ0) is 19.3. The summed E-state index contributed by atoms with van der Waals surface area (Å²) in [6.45, 7) is 5.35. The van der Waals surface area contributed by atoms with Crippen molar-refractivity contribution in [2.75, 3.05) is 51.2 Å². The lowest BCUT2D eigenvalue weighted by molar-refractivity contribution is -0.117. The van der Waals surface area contributed by atoms with Crippen molar-refractivity contribution in [3.05, 3.63) is 47.9 Å². The van der Waals surface area contributed by atoms with E-state index in [1.54, 1.807) is 13.3 Å². The van der Waals surface area contributed by atoms with E-state index in [0.717, 1.165) is 63.0 Å². The fourth-order valence-electron chi connectivity index (χ4n) is 3.85. The molecule has 1 saturated heterocycles. The van der Waals surface area contributed by atoms with Gasteiger partial charge in [-0.2, -0.15) is 0 Å². The lowest BCUT2D eigenvalue weighted by Crippen LogP contribution is -2.53. The first kappa shape index (κ1) is 18.5. The van der Waals surface area contributed by atoms with E-state index in [4.69, 9.17) is 4.52 Å². The Morgan fingerprint density at radius 3 is 2.75 bits per heavy atom. The van der Waals surface area contributed by atoms with Crippen LogP contribution in [0, 0.1) is 0 Å². The fraction of sp³-hybridized carbons (Fsp3) is 0.450. The number of aliphatic imine (C=N–C) groups is 1. The second-order valence-electron chi connectivity index (χ2n) is 7.08. The first-order valence-electron chi connectivity index (χ1n) is 9.70. The molecule has 0 spiro atoms. The number of guanidine groups is 1. The topological polar surface area (TPSA) is 77.2 Å². The molecule has 0 unspecified atom stereocenters. The number of aromatic nitrogens is 1. The second kappa shape index (κ2) is 8.43. The number of carbonyl (C=O) groups excluding carboxylic acids is 1. The molecule has 148 valence electrons. The van der Waals surface area contributed by atoms with Crippen LogP contribution in [0.15, 0.2) is 46.1 Å². The SMILES string of the molecule is CN=C(NCC(=O)N1CCc2ccccc21)N1CCN(Cc2ccon2)CC1. The van der Waals surface area contributed by atoms with Crippen LogP contribution in [-0.4, -0.2) is 73.1 Å². The molecule has 0 atom stereocenters. The Kier molecular flexibility index (Phi) is 5.57. The van der Waals surface area contributed by atoms with Crippen molar-refractivity contribution < 1.29 is 9.32 Å². The molecule has 4 rings (SSSR count). The number of nitrogens with one attached hydrogen (secondary N) is 1. The number of anilines is 1. The molecule has 2 aliphatic heterocycles. The van der Waals surface area contributed by atoms with E-state index in [9.17, 15) is 4.79 Å². The number of benzene rings is 1. The first-order chi connectivity index (χ1) is 13.7. The second-order valence-corrected chi connectivity index (χ2v) is 7.08. The van der Waals surface area contributed by atoms with Crippen LogP contribution in [0.5, 0.6) is 0 Å². The maximum absolute atomic E-state index is 12.7. The summed E-state index contributed by atoms with van der Waals surface area (Å²) in [5, 5.41) is 7.22. The molecular weight excluding hydrogens is 356 g/mol. The number of hydrogen-bond donors (Lipinski definition) is 1. The Hall–Kier alpha value is -2.87. The van der Waals surface area contributed by atoms with E-state index in [0.29, 0.717) is 0 Å². The van der Waals surface area contributed by atoms with E-state index in [-0.39, 0.29) is 12.5 Å². The van der Waals surface area contributed by atoms with Gasteiger partial charge in [0.05, 0.1) is 12.2 Å². The standard InChI is InChI=1S/C20H26N6O2/c1-21-20(25-11-9-24(10-12-25)15-17-7-13-28-23-17)22-14-19(27)26-8-6-16-4-2-3-5-18(16)26/h2-5,7,13H,6,8-12,14-15H2,1H3,(H,21,22). The van der Waals surface area contributed by atoms with Crippen LogP contribution in [0.3, 0.4) is 0 Å². The van der Waals surface area contributed by atoms with Crippen LogP contribution in [0.25, 0.3) is 0 Å². The number of fused-ring (bicyclic) bond motifs is 1. The van der Waals surface area contributed by atoms with Gasteiger partial charge in [-0.25, -0.2) is 0 Å². The molecule has 8 heteroatoms. The molecule has 3 heterocycles. The van der Waals surface area contributed by atoms with Crippen molar-refractivity contribution in [1.29, 1.82) is 0 Å². The largest absolute Gasteiger partial charge is 0.364 e. The fourth-order valence-corrected chi connectivity index (χ4v) is 3.85. The van der Waals surface area contributed by atoms with E-state index in [2.05, 4.69) is 31.3 Å². The third kappa shape index (κ3) is 4.01. The Morgan fingerprint density at radius 1 is 1.18 bits per heavy atom. The summed E-state index contributed by atoms with van der Waals surface area (Å²) in [5.41, 5.74) is 3.22. The Balaban J connectivity index is 1.27. The molecule has 8 nitrogen and oxygen atoms in total. The van der Waals surface area contributed by atoms with Crippen LogP contribution in [-0.2, 0) is 17.8 Å². The van der Waals surface area contributed by atoms with Crippen molar-refractivity contribution in [3.63, 3.8) is 0 Å². The van der Waals surface area contributed by atoms with Crippen LogP contribution < -0.4 is 10.2 Å². The van der Waals surface area contributed by atoms with Crippen molar-refractivity contribution in [1.82, 2.24) is 20.3 Å². The van der Waals surface area contributed by atoms with Crippen LogP contribution in [0.1, 0.15) is 11.3 Å². The van der Waals surface area contributed by atoms with Crippen molar-refractivity contribution >= 4 is 17.6 Å². The van der Waals surface area contributed by atoms with Gasteiger partial charge in [0.2, 0.25) is 5.91 Å². The zero-order valence-electron chi connectivity index (χ0n) is 16.2. The normalized spacial score (nSPS) is 17.7. The molecule has 1 N–H and O–H groups in total. The summed E-state index contributed by atoms with van der Waals surface area (Å²) in [7, 11) is 1.76. The highest BCUT2D eigenvalue weighted by atomic mass is 16.5. The number of amides is 1. The first-order valence-corrected chi connectivity index (χ1v) is 9.70. The minimum absolute atomic E-state index is 0.0794. The van der Waals surface area contributed by atoms with Gasteiger partial charge in [-0.05, 0) is 18.1 Å². The van der Waals surface area contributed by atoms with Crippen LogP contribution in [0.4, 0.5) is 5.69 Å². The molecule has 0 saturated carbocycles. The number of piperazine rings is 1. The smallest absolute Gasteiger partial charge is 0.246 e. The highest BCUT2D eigenvalue weighted by Crippen LogP contribution is 2.27. The van der Waals surface area contributed by atoms with E-state index in [1.165, 1.54) is 5.56 Å². The predicted molar refractivity (Wildman–Crippen MR) is 107 cm³/mol. The average molecular weight is 382 g/mol. The average Bonchev–Trinajstić information content (AvgIpc) is 3.39. The number of nitrogens with zero attached hydrogens (tertiary/aromatic N) is 5. The maximum Gasteiger partial charge on any atom is 0.246 e. The molecule has 1 amide bonds. The Morgan fingerprint density at radius 2 is 2.00 bits per heavy atom. The van der Waals surface area contributed by atoms with Crippen molar-refractivity contribution in [2.45, 2.75) is 13.0 Å². The minimum atomic E-state index is 0.0794. The molecule has 2 aliphatic rings. The van der Waals surface area contributed by atoms with Crippen molar-refractivity contribution in [2.24, 2.45) is 4.99 Å². The van der Waals surface area contributed by atoms with Gasteiger partial charge in [0.1, 0.15) is 6.26 Å². The lowest BCUT2D eigenvalue weighted by Gasteiger charge is -2.36. The third-order valence-corrected chi connectivity index (χ3v) is 5.35. The van der Waals surface area contributed by atoms with Gasteiger partial charge >= 0.3 is 0 Å². The summed E-state index contributed by atoms with van der Waals surface area (Å²) in [6.07, 6.45) is 2.53.